The second kappa shape index (κ2) is 8.76. The first-order valence-corrected chi connectivity index (χ1v) is 9.57. The average molecular weight is 417 g/mol. The standard InChI is InChI=1S/C24H17ClN2O3/c1-29-22-13-11-19(25)15-20(22)24(28)30-23-14-12-21(26-27-23)18-9-7-17(8-10-18)16-5-3-2-4-6-16/h2-15H,1H3. The van der Waals surface area contributed by atoms with Gasteiger partial charge in [0.05, 0.1) is 12.8 Å². The van der Waals surface area contributed by atoms with E-state index in [9.17, 15) is 4.79 Å². The zero-order valence-electron chi connectivity index (χ0n) is 16.1. The number of carbonyl (C=O) groups excluding carboxylic acids is 1. The molecule has 0 fully saturated rings. The maximum absolute atomic E-state index is 12.4. The first-order valence-electron chi connectivity index (χ1n) is 9.19. The van der Waals surface area contributed by atoms with Crippen molar-refractivity contribution in [3.63, 3.8) is 0 Å². The van der Waals surface area contributed by atoms with Gasteiger partial charge in [-0.15, -0.1) is 10.2 Å². The third-order valence-electron chi connectivity index (χ3n) is 4.51. The number of carbonyl (C=O) groups is 1. The Morgan fingerprint density at radius 1 is 0.800 bits per heavy atom. The molecule has 4 rings (SSSR count). The molecule has 6 heteroatoms. The molecule has 1 heterocycles. The minimum absolute atomic E-state index is 0.0895. The molecular weight excluding hydrogens is 400 g/mol. The first-order chi connectivity index (χ1) is 14.6. The molecule has 0 aliphatic rings. The Hall–Kier alpha value is -3.70. The van der Waals surface area contributed by atoms with Crippen molar-refractivity contribution in [3.8, 4) is 34.0 Å². The minimum Gasteiger partial charge on any atom is -0.496 e. The van der Waals surface area contributed by atoms with E-state index < -0.39 is 5.97 Å². The van der Waals surface area contributed by atoms with E-state index >= 15 is 0 Å². The van der Waals surface area contributed by atoms with E-state index in [-0.39, 0.29) is 11.4 Å². The predicted molar refractivity (Wildman–Crippen MR) is 116 cm³/mol. The molecule has 4 aromatic rings. The first kappa shape index (κ1) is 19.6. The predicted octanol–water partition coefficient (Wildman–Crippen LogP) is 5.69. The van der Waals surface area contributed by atoms with Gasteiger partial charge in [0.15, 0.2) is 0 Å². The van der Waals surface area contributed by atoms with E-state index in [1.807, 2.05) is 42.5 Å². The van der Waals surface area contributed by atoms with Crippen LogP contribution >= 0.6 is 11.6 Å². The molecule has 0 saturated carbocycles. The van der Waals surface area contributed by atoms with Gasteiger partial charge >= 0.3 is 5.97 Å². The molecule has 5 nitrogen and oxygen atoms in total. The van der Waals surface area contributed by atoms with Gasteiger partial charge in [-0.05, 0) is 35.4 Å². The molecule has 0 aliphatic heterocycles. The normalized spacial score (nSPS) is 10.5. The molecule has 0 radical (unpaired) electrons. The van der Waals surface area contributed by atoms with Crippen molar-refractivity contribution in [1.29, 1.82) is 0 Å². The molecule has 0 N–H and O–H groups in total. The molecule has 0 bridgehead atoms. The number of esters is 1. The lowest BCUT2D eigenvalue weighted by Gasteiger charge is -2.08. The van der Waals surface area contributed by atoms with Gasteiger partial charge in [0, 0.05) is 16.7 Å². The highest BCUT2D eigenvalue weighted by Crippen LogP contribution is 2.26. The fourth-order valence-corrected chi connectivity index (χ4v) is 3.15. The number of benzene rings is 3. The summed E-state index contributed by atoms with van der Waals surface area (Å²) in [5, 5.41) is 8.59. The van der Waals surface area contributed by atoms with Crippen LogP contribution in [0.2, 0.25) is 5.02 Å². The quantitative estimate of drug-likeness (QED) is 0.391. The van der Waals surface area contributed by atoms with Gasteiger partial charge in [-0.25, -0.2) is 4.79 Å². The van der Waals surface area contributed by atoms with Gasteiger partial charge in [-0.2, -0.15) is 0 Å². The van der Waals surface area contributed by atoms with Crippen LogP contribution in [0, 0.1) is 0 Å². The highest BCUT2D eigenvalue weighted by molar-refractivity contribution is 6.31. The van der Waals surface area contributed by atoms with E-state index in [1.165, 1.54) is 13.2 Å². The van der Waals surface area contributed by atoms with Crippen LogP contribution in [0.25, 0.3) is 22.4 Å². The highest BCUT2D eigenvalue weighted by atomic mass is 35.5. The van der Waals surface area contributed by atoms with Crippen molar-refractivity contribution in [1.82, 2.24) is 10.2 Å². The number of ether oxygens (including phenoxy) is 2. The second-order valence-corrected chi connectivity index (χ2v) is 6.87. The Balaban J connectivity index is 1.49. The summed E-state index contributed by atoms with van der Waals surface area (Å²) in [4.78, 5) is 12.4. The van der Waals surface area contributed by atoms with E-state index in [1.54, 1.807) is 24.3 Å². The Kier molecular flexibility index (Phi) is 5.72. The zero-order chi connectivity index (χ0) is 20.9. The Labute approximate surface area is 178 Å². The highest BCUT2D eigenvalue weighted by Gasteiger charge is 2.16. The van der Waals surface area contributed by atoms with E-state index in [0.717, 1.165) is 16.7 Å². The molecule has 0 spiro atoms. The largest absolute Gasteiger partial charge is 0.496 e. The SMILES string of the molecule is COc1ccc(Cl)cc1C(=O)Oc1ccc(-c2ccc(-c3ccccc3)cc2)nn1. The van der Waals surface area contributed by atoms with Crippen molar-refractivity contribution in [2.45, 2.75) is 0 Å². The monoisotopic (exact) mass is 416 g/mol. The number of nitrogens with zero attached hydrogens (tertiary/aromatic N) is 2. The lowest BCUT2D eigenvalue weighted by molar-refractivity contribution is 0.0722. The Bertz CT molecular complexity index is 1160. The van der Waals surface area contributed by atoms with Gasteiger partial charge in [0.1, 0.15) is 11.3 Å². The van der Waals surface area contributed by atoms with Crippen molar-refractivity contribution in [2.75, 3.05) is 7.11 Å². The fourth-order valence-electron chi connectivity index (χ4n) is 2.98. The average Bonchev–Trinajstić information content (AvgIpc) is 2.80. The van der Waals surface area contributed by atoms with Gasteiger partial charge in [0.25, 0.3) is 0 Å². The summed E-state index contributed by atoms with van der Waals surface area (Å²) >= 11 is 5.97. The number of halogens is 1. The number of aromatic nitrogens is 2. The second-order valence-electron chi connectivity index (χ2n) is 6.43. The summed E-state index contributed by atoms with van der Waals surface area (Å²) in [5.74, 6) is -0.164. The summed E-state index contributed by atoms with van der Waals surface area (Å²) in [7, 11) is 1.47. The van der Waals surface area contributed by atoms with Gasteiger partial charge < -0.3 is 9.47 Å². The van der Waals surface area contributed by atoms with Crippen molar-refractivity contribution < 1.29 is 14.3 Å². The van der Waals surface area contributed by atoms with Crippen LogP contribution in [0.1, 0.15) is 10.4 Å². The van der Waals surface area contributed by atoms with Crippen LogP contribution in [-0.2, 0) is 0 Å². The molecule has 0 unspecified atom stereocenters. The summed E-state index contributed by atoms with van der Waals surface area (Å²) < 4.78 is 10.5. The lowest BCUT2D eigenvalue weighted by Crippen LogP contribution is -2.11. The van der Waals surface area contributed by atoms with Crippen LogP contribution in [-0.4, -0.2) is 23.3 Å². The summed E-state index contributed by atoms with van der Waals surface area (Å²) in [5.41, 5.74) is 4.07. The van der Waals surface area contributed by atoms with Crippen LogP contribution in [0.5, 0.6) is 11.6 Å². The fraction of sp³-hybridized carbons (Fsp3) is 0.0417. The van der Waals surface area contributed by atoms with Crippen molar-refractivity contribution in [2.24, 2.45) is 0 Å². The van der Waals surface area contributed by atoms with E-state index in [0.29, 0.717) is 16.5 Å². The molecule has 0 amide bonds. The molecule has 30 heavy (non-hydrogen) atoms. The Morgan fingerprint density at radius 2 is 1.50 bits per heavy atom. The lowest BCUT2D eigenvalue weighted by atomic mass is 10.0. The molecule has 0 saturated heterocycles. The topological polar surface area (TPSA) is 61.3 Å². The van der Waals surface area contributed by atoms with Gasteiger partial charge in [0.2, 0.25) is 5.88 Å². The van der Waals surface area contributed by atoms with Crippen molar-refractivity contribution in [3.05, 3.63) is 95.5 Å². The smallest absolute Gasteiger partial charge is 0.348 e. The van der Waals surface area contributed by atoms with Crippen molar-refractivity contribution >= 4 is 17.6 Å². The third-order valence-corrected chi connectivity index (χ3v) is 4.74. The molecule has 3 aromatic carbocycles. The number of methoxy groups -OCH3 is 1. The molecule has 148 valence electrons. The maximum Gasteiger partial charge on any atom is 0.348 e. The van der Waals surface area contributed by atoms with Crippen LogP contribution in [0.3, 0.4) is 0 Å². The number of rotatable bonds is 5. The number of hydrogen-bond acceptors (Lipinski definition) is 5. The van der Waals surface area contributed by atoms with Crippen LogP contribution in [0.15, 0.2) is 84.9 Å². The van der Waals surface area contributed by atoms with E-state index in [4.69, 9.17) is 21.1 Å². The number of hydrogen-bond donors (Lipinski definition) is 0. The summed E-state index contributed by atoms with van der Waals surface area (Å²) in [6.45, 7) is 0. The summed E-state index contributed by atoms with van der Waals surface area (Å²) in [6, 6.07) is 26.2. The van der Waals surface area contributed by atoms with Crippen LogP contribution < -0.4 is 9.47 Å². The molecule has 0 aliphatic carbocycles. The molecular formula is C24H17ClN2O3. The minimum atomic E-state index is -0.622. The summed E-state index contributed by atoms with van der Waals surface area (Å²) in [6.07, 6.45) is 0. The zero-order valence-corrected chi connectivity index (χ0v) is 16.8. The molecule has 1 aromatic heterocycles. The maximum atomic E-state index is 12.4. The van der Waals surface area contributed by atoms with Gasteiger partial charge in [-0.3, -0.25) is 0 Å². The van der Waals surface area contributed by atoms with E-state index in [2.05, 4.69) is 22.3 Å². The molecule has 0 atom stereocenters. The third kappa shape index (κ3) is 4.31. The Morgan fingerprint density at radius 3 is 2.17 bits per heavy atom. The van der Waals surface area contributed by atoms with Gasteiger partial charge in [-0.1, -0.05) is 66.2 Å². The van der Waals surface area contributed by atoms with Crippen LogP contribution in [0.4, 0.5) is 0 Å².